The van der Waals surface area contributed by atoms with Crippen molar-refractivity contribution in [3.8, 4) is 11.5 Å². The van der Waals surface area contributed by atoms with Gasteiger partial charge in [-0.05, 0) is 31.0 Å². The Morgan fingerprint density at radius 2 is 1.82 bits per heavy atom. The maximum Gasteiger partial charge on any atom is 0.350 e. The third kappa shape index (κ3) is 3.55. The summed E-state index contributed by atoms with van der Waals surface area (Å²) < 4.78 is 15.2. The van der Waals surface area contributed by atoms with Gasteiger partial charge in [0.25, 0.3) is 0 Å². The Balaban J connectivity index is 2.14. The second-order valence-electron chi connectivity index (χ2n) is 4.86. The van der Waals surface area contributed by atoms with E-state index in [9.17, 15) is 9.59 Å². The Bertz CT molecular complexity index is 713. The lowest BCUT2D eigenvalue weighted by Crippen LogP contribution is -2.16. The Kier molecular flexibility index (Phi) is 4.99. The van der Waals surface area contributed by atoms with Crippen LogP contribution in [0, 0.1) is 6.92 Å². The van der Waals surface area contributed by atoms with Gasteiger partial charge < -0.3 is 13.9 Å². The van der Waals surface area contributed by atoms with E-state index in [0.717, 1.165) is 11.3 Å². The van der Waals surface area contributed by atoms with Crippen molar-refractivity contribution in [3.63, 3.8) is 0 Å². The summed E-state index contributed by atoms with van der Waals surface area (Å²) in [6.07, 6.45) is 0.732. The lowest BCUT2D eigenvalue weighted by molar-refractivity contribution is 0.0975. The molecule has 0 spiro atoms. The number of Topliss-reactive ketones (excluding diaryl/α,β-unsaturated/α-hetero) is 1. The molecule has 1 aromatic heterocycles. The molecule has 0 saturated carbocycles. The highest BCUT2D eigenvalue weighted by Crippen LogP contribution is 2.19. The maximum absolute atomic E-state index is 12.3. The average molecular weight is 302 g/mol. The maximum atomic E-state index is 12.3. The molecule has 2 rings (SSSR count). The molecule has 0 fully saturated rings. The number of benzene rings is 1. The van der Waals surface area contributed by atoms with Gasteiger partial charge in [-0.25, -0.2) is 4.79 Å². The number of ketones is 1. The van der Waals surface area contributed by atoms with Gasteiger partial charge in [0.15, 0.2) is 5.78 Å². The molecular weight excluding hydrogens is 284 g/mol. The van der Waals surface area contributed by atoms with E-state index in [0.29, 0.717) is 12.2 Å². The number of rotatable bonds is 6. The van der Waals surface area contributed by atoms with Gasteiger partial charge in [0.05, 0.1) is 14.2 Å². The highest BCUT2D eigenvalue weighted by Gasteiger charge is 2.19. The molecule has 116 valence electrons. The van der Waals surface area contributed by atoms with Crippen molar-refractivity contribution in [1.29, 1.82) is 0 Å². The van der Waals surface area contributed by atoms with Crippen molar-refractivity contribution in [1.82, 2.24) is 0 Å². The van der Waals surface area contributed by atoms with Crippen LogP contribution in [0.1, 0.15) is 28.1 Å². The number of carbonyl (C=O) groups excluding carboxylic acids is 1. The summed E-state index contributed by atoms with van der Waals surface area (Å²) in [6.45, 7) is 1.63. The molecule has 0 bridgehead atoms. The third-order valence-corrected chi connectivity index (χ3v) is 3.34. The number of carbonyl (C=O) groups is 1. The Labute approximate surface area is 128 Å². The second kappa shape index (κ2) is 6.93. The first-order chi connectivity index (χ1) is 10.5. The molecule has 22 heavy (non-hydrogen) atoms. The quantitative estimate of drug-likeness (QED) is 0.768. The summed E-state index contributed by atoms with van der Waals surface area (Å²) >= 11 is 0. The lowest BCUT2D eigenvalue weighted by atomic mass is 10.0. The zero-order valence-electron chi connectivity index (χ0n) is 12.8. The van der Waals surface area contributed by atoms with Gasteiger partial charge in [-0.3, -0.25) is 4.79 Å². The van der Waals surface area contributed by atoms with Gasteiger partial charge in [-0.2, -0.15) is 0 Å². The molecule has 0 unspecified atom stereocenters. The number of hydrogen-bond acceptors (Lipinski definition) is 5. The van der Waals surface area contributed by atoms with Crippen LogP contribution in [0.2, 0.25) is 0 Å². The summed E-state index contributed by atoms with van der Waals surface area (Å²) in [5.41, 5.74) is 0.308. The zero-order chi connectivity index (χ0) is 16.1. The molecule has 5 heteroatoms. The highest BCUT2D eigenvalue weighted by molar-refractivity contribution is 5.98. The van der Waals surface area contributed by atoms with Gasteiger partial charge >= 0.3 is 5.63 Å². The summed E-state index contributed by atoms with van der Waals surface area (Å²) in [7, 11) is 3.02. The fraction of sp³-hybridized carbons (Fsp3) is 0.294. The van der Waals surface area contributed by atoms with Gasteiger partial charge in [0, 0.05) is 12.5 Å². The second-order valence-corrected chi connectivity index (χ2v) is 4.86. The average Bonchev–Trinajstić information content (AvgIpc) is 2.52. The first-order valence-corrected chi connectivity index (χ1v) is 6.90. The number of methoxy groups -OCH3 is 2. The van der Waals surface area contributed by atoms with Crippen LogP contribution in [-0.4, -0.2) is 20.0 Å². The van der Waals surface area contributed by atoms with E-state index in [4.69, 9.17) is 13.9 Å². The normalized spacial score (nSPS) is 10.3. The van der Waals surface area contributed by atoms with Crippen LogP contribution in [-0.2, 0) is 6.42 Å². The Morgan fingerprint density at radius 1 is 1.14 bits per heavy atom. The van der Waals surface area contributed by atoms with Crippen LogP contribution in [0.25, 0.3) is 0 Å². The zero-order valence-corrected chi connectivity index (χ0v) is 12.8. The van der Waals surface area contributed by atoms with E-state index in [-0.39, 0.29) is 23.5 Å². The van der Waals surface area contributed by atoms with E-state index >= 15 is 0 Å². The third-order valence-electron chi connectivity index (χ3n) is 3.34. The Hall–Kier alpha value is -2.56. The van der Waals surface area contributed by atoms with E-state index in [1.165, 1.54) is 7.11 Å². The van der Waals surface area contributed by atoms with Crippen LogP contribution in [0.4, 0.5) is 0 Å². The Morgan fingerprint density at radius 3 is 2.41 bits per heavy atom. The van der Waals surface area contributed by atoms with Gasteiger partial charge in [0.2, 0.25) is 0 Å². The van der Waals surface area contributed by atoms with E-state index in [2.05, 4.69) is 0 Å². The van der Waals surface area contributed by atoms with Crippen LogP contribution < -0.4 is 15.1 Å². The highest BCUT2D eigenvalue weighted by atomic mass is 16.5. The van der Waals surface area contributed by atoms with Crippen molar-refractivity contribution in [2.75, 3.05) is 14.2 Å². The van der Waals surface area contributed by atoms with Crippen LogP contribution in [0.3, 0.4) is 0 Å². The van der Waals surface area contributed by atoms with Crippen LogP contribution in [0.5, 0.6) is 11.5 Å². The summed E-state index contributed by atoms with van der Waals surface area (Å²) in [5.74, 6) is 1.14. The van der Waals surface area contributed by atoms with Crippen molar-refractivity contribution >= 4 is 5.78 Å². The fourth-order valence-corrected chi connectivity index (χ4v) is 2.17. The molecule has 0 saturated heterocycles. The smallest absolute Gasteiger partial charge is 0.350 e. The first kappa shape index (κ1) is 15.8. The summed E-state index contributed by atoms with van der Waals surface area (Å²) in [4.78, 5) is 24.2. The van der Waals surface area contributed by atoms with Gasteiger partial charge in [-0.15, -0.1) is 0 Å². The van der Waals surface area contributed by atoms with Gasteiger partial charge in [0.1, 0.15) is 22.8 Å². The van der Waals surface area contributed by atoms with Crippen LogP contribution >= 0.6 is 0 Å². The molecule has 1 heterocycles. The minimum atomic E-state index is -0.656. The number of aryl methyl sites for hydroxylation is 2. The largest absolute Gasteiger partial charge is 0.497 e. The van der Waals surface area contributed by atoms with E-state index < -0.39 is 5.63 Å². The van der Waals surface area contributed by atoms with E-state index in [1.807, 2.05) is 24.3 Å². The van der Waals surface area contributed by atoms with Crippen molar-refractivity contribution in [2.45, 2.75) is 19.8 Å². The predicted molar refractivity (Wildman–Crippen MR) is 81.9 cm³/mol. The first-order valence-electron chi connectivity index (χ1n) is 6.90. The molecule has 1 aromatic carbocycles. The molecule has 5 nitrogen and oxygen atoms in total. The molecule has 0 aliphatic carbocycles. The minimum Gasteiger partial charge on any atom is -0.497 e. The van der Waals surface area contributed by atoms with Gasteiger partial charge in [-0.1, -0.05) is 12.1 Å². The molecule has 0 amide bonds. The monoisotopic (exact) mass is 302 g/mol. The molecule has 0 atom stereocenters. The fourth-order valence-electron chi connectivity index (χ4n) is 2.17. The topological polar surface area (TPSA) is 65.7 Å². The SMILES string of the molecule is COc1ccc(CCC(=O)c2c(OC)cc(C)oc2=O)cc1. The molecule has 0 N–H and O–H groups in total. The van der Waals surface area contributed by atoms with Crippen molar-refractivity contribution in [3.05, 3.63) is 57.6 Å². The van der Waals surface area contributed by atoms with Crippen molar-refractivity contribution in [2.24, 2.45) is 0 Å². The summed E-state index contributed by atoms with van der Waals surface area (Å²) in [6, 6.07) is 8.99. The minimum absolute atomic E-state index is 0.0263. The van der Waals surface area contributed by atoms with Crippen LogP contribution in [0.15, 0.2) is 39.5 Å². The molecule has 0 aliphatic rings. The number of ether oxygens (including phenoxy) is 2. The molecule has 0 radical (unpaired) electrons. The predicted octanol–water partition coefficient (Wildman–Crippen LogP) is 2.78. The molecule has 2 aromatic rings. The molecular formula is C17H18O5. The summed E-state index contributed by atoms with van der Waals surface area (Å²) in [5, 5.41) is 0. The van der Waals surface area contributed by atoms with Crippen molar-refractivity contribution < 1.29 is 18.7 Å². The molecule has 0 aliphatic heterocycles. The standard InChI is InChI=1S/C17H18O5/c1-11-10-15(21-3)16(17(19)22-11)14(18)9-6-12-4-7-13(20-2)8-5-12/h4-5,7-8,10H,6,9H2,1-3H3. The lowest BCUT2D eigenvalue weighted by Gasteiger charge is -2.07. The number of hydrogen-bond donors (Lipinski definition) is 0. The van der Waals surface area contributed by atoms with E-state index in [1.54, 1.807) is 20.1 Å².